The van der Waals surface area contributed by atoms with Crippen molar-refractivity contribution < 1.29 is 41.4 Å². The summed E-state index contributed by atoms with van der Waals surface area (Å²) in [5, 5.41) is 8.70. The van der Waals surface area contributed by atoms with Crippen LogP contribution >= 0.6 is 0 Å². The molecule has 1 fully saturated rings. The van der Waals surface area contributed by atoms with Crippen molar-refractivity contribution in [2.75, 3.05) is 18.0 Å². The van der Waals surface area contributed by atoms with Crippen LogP contribution in [-0.4, -0.2) is 46.9 Å². The number of nitrogens with zero attached hydrogens (tertiary/aromatic N) is 2. The Bertz CT molecular complexity index is 928. The SMILES string of the molecule is CC1(C)C(=O)N([C@H]2CCN(CCCC(=O)O)C2=O)c2c(F)cc(C(F)(F)F)c(F)c21. The molecule has 1 atom stereocenters. The van der Waals surface area contributed by atoms with E-state index in [1.54, 1.807) is 0 Å². The number of carboxylic acid groups (broad SMARTS) is 1. The van der Waals surface area contributed by atoms with Crippen LogP contribution in [0.5, 0.6) is 0 Å². The van der Waals surface area contributed by atoms with Gasteiger partial charge in [0, 0.05) is 25.1 Å². The number of rotatable bonds is 5. The molecule has 0 bridgehead atoms. The molecule has 2 aliphatic heterocycles. The van der Waals surface area contributed by atoms with Crippen molar-refractivity contribution in [1.82, 2.24) is 4.90 Å². The maximum absolute atomic E-state index is 14.8. The number of carbonyl (C=O) groups is 3. The maximum Gasteiger partial charge on any atom is 0.419 e. The molecular weight excluding hydrogens is 415 g/mol. The number of benzene rings is 1. The number of anilines is 1. The summed E-state index contributed by atoms with van der Waals surface area (Å²) in [6, 6.07) is -1.20. The molecule has 0 unspecified atom stereocenters. The number of halogens is 5. The topological polar surface area (TPSA) is 77.9 Å². The van der Waals surface area contributed by atoms with E-state index in [-0.39, 0.29) is 38.4 Å². The van der Waals surface area contributed by atoms with Gasteiger partial charge >= 0.3 is 12.1 Å². The summed E-state index contributed by atoms with van der Waals surface area (Å²) in [5.41, 5.74) is -4.99. The zero-order chi connectivity index (χ0) is 22.6. The molecule has 2 aliphatic rings. The fourth-order valence-electron chi connectivity index (χ4n) is 4.04. The lowest BCUT2D eigenvalue weighted by Gasteiger charge is -2.26. The van der Waals surface area contributed by atoms with E-state index in [9.17, 15) is 36.3 Å². The maximum atomic E-state index is 14.8. The smallest absolute Gasteiger partial charge is 0.419 e. The predicted octanol–water partition coefficient (Wildman–Crippen LogP) is 3.07. The first-order valence-corrected chi connectivity index (χ1v) is 9.22. The van der Waals surface area contributed by atoms with Gasteiger partial charge in [0.1, 0.15) is 17.7 Å². The number of hydrogen-bond donors (Lipinski definition) is 1. The largest absolute Gasteiger partial charge is 0.481 e. The monoisotopic (exact) mass is 434 g/mol. The number of aliphatic carboxylic acids is 1. The first-order valence-electron chi connectivity index (χ1n) is 9.22. The van der Waals surface area contributed by atoms with E-state index in [1.807, 2.05) is 0 Å². The number of alkyl halides is 3. The van der Waals surface area contributed by atoms with E-state index >= 15 is 0 Å². The first-order chi connectivity index (χ1) is 13.8. The number of amides is 2. The second-order valence-corrected chi connectivity index (χ2v) is 7.87. The van der Waals surface area contributed by atoms with Gasteiger partial charge in [-0.15, -0.1) is 0 Å². The van der Waals surface area contributed by atoms with Gasteiger partial charge in [0.15, 0.2) is 0 Å². The average Bonchev–Trinajstić information content (AvgIpc) is 3.06. The molecule has 1 saturated heterocycles. The highest BCUT2D eigenvalue weighted by Gasteiger charge is 2.54. The Morgan fingerprint density at radius 2 is 1.90 bits per heavy atom. The third-order valence-corrected chi connectivity index (χ3v) is 5.51. The fourth-order valence-corrected chi connectivity index (χ4v) is 4.04. The van der Waals surface area contributed by atoms with Gasteiger partial charge in [0.25, 0.3) is 0 Å². The van der Waals surface area contributed by atoms with E-state index < -0.39 is 63.9 Å². The molecule has 6 nitrogen and oxygen atoms in total. The van der Waals surface area contributed by atoms with Gasteiger partial charge in [-0.1, -0.05) is 0 Å². The zero-order valence-electron chi connectivity index (χ0n) is 16.1. The average molecular weight is 434 g/mol. The molecule has 3 rings (SSSR count). The summed E-state index contributed by atoms with van der Waals surface area (Å²) in [5.74, 6) is -5.67. The number of fused-ring (bicyclic) bond motifs is 1. The predicted molar refractivity (Wildman–Crippen MR) is 93.7 cm³/mol. The van der Waals surface area contributed by atoms with Gasteiger partial charge in [-0.2, -0.15) is 13.2 Å². The summed E-state index contributed by atoms with van der Waals surface area (Å²) >= 11 is 0. The van der Waals surface area contributed by atoms with Crippen molar-refractivity contribution in [2.45, 2.75) is 50.7 Å². The number of likely N-dealkylation sites (tertiary alicyclic amines) is 1. The number of carbonyl (C=O) groups excluding carboxylic acids is 2. The second kappa shape index (κ2) is 7.21. The Balaban J connectivity index is 2.00. The van der Waals surface area contributed by atoms with E-state index in [4.69, 9.17) is 5.11 Å². The molecule has 0 aliphatic carbocycles. The minimum Gasteiger partial charge on any atom is -0.481 e. The van der Waals surface area contributed by atoms with Crippen molar-refractivity contribution in [3.63, 3.8) is 0 Å². The third-order valence-electron chi connectivity index (χ3n) is 5.51. The van der Waals surface area contributed by atoms with Crippen molar-refractivity contribution >= 4 is 23.5 Å². The standard InChI is InChI=1S/C19H19F5N2O4/c1-18(2)13-14(21)9(19(22,23)24)8-10(20)15(13)26(17(18)30)11-5-7-25(16(11)29)6-3-4-12(27)28/h8,11H,3-7H2,1-2H3,(H,27,28)/t11-/m0/s1. The summed E-state index contributed by atoms with van der Waals surface area (Å²) in [6.07, 6.45) is -5.10. The molecule has 0 radical (unpaired) electrons. The van der Waals surface area contributed by atoms with Gasteiger partial charge in [-0.25, -0.2) is 8.78 Å². The van der Waals surface area contributed by atoms with Crippen molar-refractivity contribution in [3.8, 4) is 0 Å². The molecule has 1 N–H and O–H groups in total. The Hall–Kier alpha value is -2.72. The van der Waals surface area contributed by atoms with Crippen molar-refractivity contribution in [1.29, 1.82) is 0 Å². The van der Waals surface area contributed by atoms with Crippen LogP contribution in [0, 0.1) is 11.6 Å². The molecule has 0 spiro atoms. The van der Waals surface area contributed by atoms with Gasteiger partial charge in [-0.3, -0.25) is 19.3 Å². The number of carboxylic acids is 1. The van der Waals surface area contributed by atoms with E-state index in [0.717, 1.165) is 4.90 Å². The van der Waals surface area contributed by atoms with E-state index in [1.165, 1.54) is 18.7 Å². The Morgan fingerprint density at radius 1 is 1.27 bits per heavy atom. The highest BCUT2D eigenvalue weighted by molar-refractivity contribution is 6.12. The highest BCUT2D eigenvalue weighted by Crippen LogP contribution is 2.49. The molecule has 0 saturated carbocycles. The third kappa shape index (κ3) is 3.39. The van der Waals surface area contributed by atoms with Gasteiger partial charge < -0.3 is 10.0 Å². The van der Waals surface area contributed by atoms with Crippen LogP contribution in [-0.2, 0) is 26.0 Å². The fraction of sp³-hybridized carbons (Fsp3) is 0.526. The molecule has 0 aromatic heterocycles. The zero-order valence-corrected chi connectivity index (χ0v) is 16.1. The lowest BCUT2D eigenvalue weighted by atomic mass is 9.84. The van der Waals surface area contributed by atoms with Crippen LogP contribution in [0.4, 0.5) is 27.6 Å². The summed E-state index contributed by atoms with van der Waals surface area (Å²) in [7, 11) is 0. The Morgan fingerprint density at radius 3 is 2.47 bits per heavy atom. The van der Waals surface area contributed by atoms with Crippen LogP contribution in [0.15, 0.2) is 6.07 Å². The summed E-state index contributed by atoms with van der Waals surface area (Å²) in [6.45, 7) is 2.62. The second-order valence-electron chi connectivity index (χ2n) is 7.87. The molecule has 1 aromatic rings. The molecule has 2 heterocycles. The highest BCUT2D eigenvalue weighted by atomic mass is 19.4. The molecule has 1 aromatic carbocycles. The van der Waals surface area contributed by atoms with Crippen molar-refractivity contribution in [2.24, 2.45) is 0 Å². The summed E-state index contributed by atoms with van der Waals surface area (Å²) < 4.78 is 68.9. The minimum atomic E-state index is -5.16. The quantitative estimate of drug-likeness (QED) is 0.723. The van der Waals surface area contributed by atoms with Crippen LogP contribution in [0.2, 0.25) is 0 Å². The number of hydrogen-bond acceptors (Lipinski definition) is 3. The van der Waals surface area contributed by atoms with Crippen molar-refractivity contribution in [3.05, 3.63) is 28.8 Å². The van der Waals surface area contributed by atoms with Gasteiger partial charge in [-0.05, 0) is 32.8 Å². The van der Waals surface area contributed by atoms with Crippen LogP contribution < -0.4 is 4.90 Å². The van der Waals surface area contributed by atoms with Crippen LogP contribution in [0.3, 0.4) is 0 Å². The van der Waals surface area contributed by atoms with Crippen LogP contribution in [0.1, 0.15) is 44.2 Å². The molecule has 11 heteroatoms. The van der Waals surface area contributed by atoms with E-state index in [2.05, 4.69) is 0 Å². The van der Waals surface area contributed by atoms with Gasteiger partial charge in [0.2, 0.25) is 11.8 Å². The normalized spacial score (nSPS) is 20.8. The molecule has 2 amide bonds. The molecular formula is C19H19F5N2O4. The van der Waals surface area contributed by atoms with Crippen LogP contribution in [0.25, 0.3) is 0 Å². The Kier molecular flexibility index (Phi) is 5.28. The first kappa shape index (κ1) is 22.0. The molecule has 164 valence electrons. The Labute approximate surface area is 168 Å². The minimum absolute atomic E-state index is 0.0000966. The van der Waals surface area contributed by atoms with E-state index in [0.29, 0.717) is 0 Å². The molecule has 30 heavy (non-hydrogen) atoms. The van der Waals surface area contributed by atoms with Gasteiger partial charge in [0.05, 0.1) is 16.7 Å². The summed E-state index contributed by atoms with van der Waals surface area (Å²) in [4.78, 5) is 38.4. The lowest BCUT2D eigenvalue weighted by molar-refractivity contribution is -0.140. The lowest BCUT2D eigenvalue weighted by Crippen LogP contribution is -2.47.